The van der Waals surface area contributed by atoms with Gasteiger partial charge in [0.05, 0.1) is 17.6 Å². The number of hydrogen-bond acceptors (Lipinski definition) is 4. The molecule has 1 fully saturated rings. The fraction of sp³-hybridized carbons (Fsp3) is 0.667. The van der Waals surface area contributed by atoms with Gasteiger partial charge in [-0.3, -0.25) is 4.98 Å². The molecular weight excluding hydrogens is 202 g/mol. The topological polar surface area (TPSA) is 47.0 Å². The van der Waals surface area contributed by atoms with Crippen molar-refractivity contribution in [3.63, 3.8) is 0 Å². The van der Waals surface area contributed by atoms with Crippen LogP contribution in [0.5, 0.6) is 5.88 Å². The summed E-state index contributed by atoms with van der Waals surface area (Å²) in [5.74, 6) is 0.635. The van der Waals surface area contributed by atoms with Crippen molar-refractivity contribution in [2.24, 2.45) is 0 Å². The number of ether oxygens (including phenoxy) is 1. The van der Waals surface area contributed by atoms with Gasteiger partial charge in [-0.15, -0.1) is 0 Å². The van der Waals surface area contributed by atoms with Crippen LogP contribution in [0.4, 0.5) is 0 Å². The SMILES string of the molecule is Cc1ncc(OCC2CCCCN2)nc1C. The van der Waals surface area contributed by atoms with E-state index in [9.17, 15) is 0 Å². The van der Waals surface area contributed by atoms with E-state index in [1.165, 1.54) is 19.3 Å². The largest absolute Gasteiger partial charge is 0.475 e. The summed E-state index contributed by atoms with van der Waals surface area (Å²) in [6.45, 7) is 5.70. The Balaban J connectivity index is 1.86. The number of aryl methyl sites for hydroxylation is 2. The maximum atomic E-state index is 5.65. The Morgan fingerprint density at radius 2 is 2.25 bits per heavy atom. The monoisotopic (exact) mass is 221 g/mol. The summed E-state index contributed by atoms with van der Waals surface area (Å²) < 4.78 is 5.65. The molecule has 0 saturated carbocycles. The van der Waals surface area contributed by atoms with Crippen molar-refractivity contribution in [2.75, 3.05) is 13.2 Å². The Bertz CT molecular complexity index is 348. The molecule has 4 nitrogen and oxygen atoms in total. The number of piperidine rings is 1. The van der Waals surface area contributed by atoms with Crippen LogP contribution in [0.25, 0.3) is 0 Å². The highest BCUT2D eigenvalue weighted by atomic mass is 16.5. The number of rotatable bonds is 3. The van der Waals surface area contributed by atoms with Crippen LogP contribution in [0.1, 0.15) is 30.7 Å². The van der Waals surface area contributed by atoms with E-state index >= 15 is 0 Å². The predicted octanol–water partition coefficient (Wildman–Crippen LogP) is 1.61. The van der Waals surface area contributed by atoms with Gasteiger partial charge in [0, 0.05) is 6.04 Å². The zero-order valence-electron chi connectivity index (χ0n) is 9.99. The van der Waals surface area contributed by atoms with Gasteiger partial charge in [0.25, 0.3) is 0 Å². The summed E-state index contributed by atoms with van der Waals surface area (Å²) in [6, 6.07) is 0.470. The Morgan fingerprint density at radius 3 is 2.94 bits per heavy atom. The lowest BCUT2D eigenvalue weighted by molar-refractivity contribution is 0.231. The highest BCUT2D eigenvalue weighted by Gasteiger charge is 2.13. The van der Waals surface area contributed by atoms with E-state index in [2.05, 4.69) is 15.3 Å². The van der Waals surface area contributed by atoms with Crippen LogP contribution >= 0.6 is 0 Å². The second kappa shape index (κ2) is 5.25. The van der Waals surface area contributed by atoms with Crippen molar-refractivity contribution in [3.8, 4) is 5.88 Å². The molecule has 1 aliphatic heterocycles. The normalized spacial score (nSPS) is 20.8. The van der Waals surface area contributed by atoms with Crippen LogP contribution < -0.4 is 10.1 Å². The quantitative estimate of drug-likeness (QED) is 0.842. The van der Waals surface area contributed by atoms with Gasteiger partial charge in [-0.25, -0.2) is 4.98 Å². The second-order valence-electron chi connectivity index (χ2n) is 4.34. The minimum Gasteiger partial charge on any atom is -0.475 e. The lowest BCUT2D eigenvalue weighted by Crippen LogP contribution is -2.38. The molecule has 0 aliphatic carbocycles. The molecule has 0 bridgehead atoms. The molecule has 1 saturated heterocycles. The zero-order chi connectivity index (χ0) is 11.4. The van der Waals surface area contributed by atoms with Gasteiger partial charge in [0.15, 0.2) is 0 Å². The van der Waals surface area contributed by atoms with Crippen molar-refractivity contribution in [2.45, 2.75) is 39.2 Å². The van der Waals surface area contributed by atoms with E-state index in [4.69, 9.17) is 4.74 Å². The summed E-state index contributed by atoms with van der Waals surface area (Å²) in [6.07, 6.45) is 5.46. The first-order chi connectivity index (χ1) is 7.75. The number of nitrogens with zero attached hydrogens (tertiary/aromatic N) is 2. The van der Waals surface area contributed by atoms with Gasteiger partial charge >= 0.3 is 0 Å². The molecule has 1 atom stereocenters. The number of nitrogens with one attached hydrogen (secondary N) is 1. The first-order valence-corrected chi connectivity index (χ1v) is 5.92. The molecule has 0 spiro atoms. The van der Waals surface area contributed by atoms with E-state index in [1.807, 2.05) is 13.8 Å². The van der Waals surface area contributed by atoms with E-state index in [0.717, 1.165) is 17.9 Å². The molecule has 1 unspecified atom stereocenters. The van der Waals surface area contributed by atoms with Crippen LogP contribution in [0, 0.1) is 13.8 Å². The van der Waals surface area contributed by atoms with Gasteiger partial charge in [0.2, 0.25) is 5.88 Å². The van der Waals surface area contributed by atoms with Crippen LogP contribution in [-0.4, -0.2) is 29.2 Å². The molecule has 2 rings (SSSR count). The molecule has 2 heterocycles. The minimum absolute atomic E-state index is 0.470. The van der Waals surface area contributed by atoms with Crippen molar-refractivity contribution in [1.82, 2.24) is 15.3 Å². The predicted molar refractivity (Wildman–Crippen MR) is 62.6 cm³/mol. The molecule has 1 aromatic rings. The van der Waals surface area contributed by atoms with E-state index in [-0.39, 0.29) is 0 Å². The summed E-state index contributed by atoms with van der Waals surface area (Å²) in [7, 11) is 0. The third-order valence-corrected chi connectivity index (χ3v) is 3.01. The molecule has 0 amide bonds. The highest BCUT2D eigenvalue weighted by molar-refractivity contribution is 5.14. The third kappa shape index (κ3) is 2.92. The summed E-state index contributed by atoms with van der Waals surface area (Å²) in [5, 5.41) is 3.44. The molecule has 1 aliphatic rings. The van der Waals surface area contributed by atoms with Gasteiger partial charge in [-0.2, -0.15) is 0 Å². The minimum atomic E-state index is 0.470. The maximum Gasteiger partial charge on any atom is 0.232 e. The van der Waals surface area contributed by atoms with Crippen molar-refractivity contribution >= 4 is 0 Å². The van der Waals surface area contributed by atoms with Crippen molar-refractivity contribution < 1.29 is 4.74 Å². The number of hydrogen-bond donors (Lipinski definition) is 1. The molecule has 16 heavy (non-hydrogen) atoms. The van der Waals surface area contributed by atoms with E-state index in [0.29, 0.717) is 18.5 Å². The highest BCUT2D eigenvalue weighted by Crippen LogP contribution is 2.11. The summed E-state index contributed by atoms with van der Waals surface area (Å²) >= 11 is 0. The molecule has 4 heteroatoms. The Hall–Kier alpha value is -1.16. The van der Waals surface area contributed by atoms with Gasteiger partial charge in [-0.1, -0.05) is 6.42 Å². The van der Waals surface area contributed by atoms with Crippen LogP contribution in [-0.2, 0) is 0 Å². The maximum absolute atomic E-state index is 5.65. The van der Waals surface area contributed by atoms with Gasteiger partial charge in [-0.05, 0) is 33.2 Å². The van der Waals surface area contributed by atoms with Crippen LogP contribution in [0.3, 0.4) is 0 Å². The molecule has 88 valence electrons. The van der Waals surface area contributed by atoms with Crippen molar-refractivity contribution in [3.05, 3.63) is 17.6 Å². The van der Waals surface area contributed by atoms with Gasteiger partial charge in [0.1, 0.15) is 6.61 Å². The summed E-state index contributed by atoms with van der Waals surface area (Å²) in [5.41, 5.74) is 1.90. The van der Waals surface area contributed by atoms with Crippen molar-refractivity contribution in [1.29, 1.82) is 0 Å². The Labute approximate surface area is 96.4 Å². The fourth-order valence-corrected chi connectivity index (χ4v) is 1.84. The Kier molecular flexibility index (Phi) is 3.72. The summed E-state index contributed by atoms with van der Waals surface area (Å²) in [4.78, 5) is 8.58. The molecular formula is C12H19N3O. The first-order valence-electron chi connectivity index (χ1n) is 5.92. The molecule has 1 N–H and O–H groups in total. The molecule has 0 aromatic carbocycles. The standard InChI is InChI=1S/C12H19N3O/c1-9-10(2)15-12(7-14-9)16-8-11-5-3-4-6-13-11/h7,11,13H,3-6,8H2,1-2H3. The third-order valence-electron chi connectivity index (χ3n) is 3.01. The van der Waals surface area contributed by atoms with Crippen LogP contribution in [0.15, 0.2) is 6.20 Å². The second-order valence-corrected chi connectivity index (χ2v) is 4.34. The fourth-order valence-electron chi connectivity index (χ4n) is 1.84. The zero-order valence-corrected chi connectivity index (χ0v) is 9.99. The van der Waals surface area contributed by atoms with Crippen LogP contribution in [0.2, 0.25) is 0 Å². The Morgan fingerprint density at radius 1 is 1.38 bits per heavy atom. The lowest BCUT2D eigenvalue weighted by atomic mass is 10.1. The van der Waals surface area contributed by atoms with E-state index < -0.39 is 0 Å². The lowest BCUT2D eigenvalue weighted by Gasteiger charge is -2.23. The first kappa shape index (κ1) is 11.3. The molecule has 0 radical (unpaired) electrons. The average Bonchev–Trinajstić information content (AvgIpc) is 2.32. The molecule has 1 aromatic heterocycles. The average molecular weight is 221 g/mol. The number of aromatic nitrogens is 2. The van der Waals surface area contributed by atoms with E-state index in [1.54, 1.807) is 6.20 Å². The van der Waals surface area contributed by atoms with Gasteiger partial charge < -0.3 is 10.1 Å². The smallest absolute Gasteiger partial charge is 0.232 e.